The van der Waals surface area contributed by atoms with Gasteiger partial charge in [0.15, 0.2) is 0 Å². The molecule has 2 N–H and O–H groups in total. The minimum Gasteiger partial charge on any atom is -0.366 e. The third-order valence-electron chi connectivity index (χ3n) is 2.44. The Kier molecular flexibility index (Phi) is 1.87. The number of carbonyl (C=O) groups excluding carboxylic acids is 1. The summed E-state index contributed by atoms with van der Waals surface area (Å²) in [5.41, 5.74) is 9.20. The number of primary amides is 1. The standard InChI is InChI=1S/C11H7N3OS/c12-11(15)6-3-7-8(13-4-6)1-2-9-10(7)16-5-14-9/h1-5H,(H2,12,15). The van der Waals surface area contributed by atoms with Crippen LogP contribution in [0.1, 0.15) is 10.4 Å². The second-order valence-electron chi connectivity index (χ2n) is 3.42. The Morgan fingerprint density at radius 2 is 2.06 bits per heavy atom. The first-order valence-corrected chi connectivity index (χ1v) is 5.55. The molecule has 0 unspecified atom stereocenters. The van der Waals surface area contributed by atoms with Gasteiger partial charge in [-0.1, -0.05) is 0 Å². The molecule has 0 aliphatic rings. The zero-order valence-corrected chi connectivity index (χ0v) is 8.99. The van der Waals surface area contributed by atoms with Crippen molar-refractivity contribution in [3.8, 4) is 0 Å². The molecule has 2 heterocycles. The molecule has 0 saturated carbocycles. The number of benzene rings is 1. The van der Waals surface area contributed by atoms with Gasteiger partial charge < -0.3 is 5.73 Å². The third kappa shape index (κ3) is 1.25. The zero-order valence-electron chi connectivity index (χ0n) is 8.18. The molecule has 0 atom stereocenters. The van der Waals surface area contributed by atoms with Crippen LogP contribution in [0.5, 0.6) is 0 Å². The van der Waals surface area contributed by atoms with Gasteiger partial charge in [-0.05, 0) is 18.2 Å². The number of carbonyl (C=O) groups is 1. The van der Waals surface area contributed by atoms with Crippen molar-refractivity contribution in [1.29, 1.82) is 0 Å². The van der Waals surface area contributed by atoms with E-state index in [9.17, 15) is 4.79 Å². The highest BCUT2D eigenvalue weighted by Gasteiger charge is 2.07. The van der Waals surface area contributed by atoms with Gasteiger partial charge in [-0.25, -0.2) is 4.98 Å². The first-order chi connectivity index (χ1) is 7.75. The number of aromatic nitrogens is 2. The van der Waals surface area contributed by atoms with E-state index >= 15 is 0 Å². The number of pyridine rings is 1. The van der Waals surface area contributed by atoms with E-state index in [0.717, 1.165) is 21.1 Å². The second kappa shape index (κ2) is 3.24. The molecule has 4 nitrogen and oxygen atoms in total. The number of thiazole rings is 1. The molecule has 0 radical (unpaired) electrons. The van der Waals surface area contributed by atoms with Crippen LogP contribution in [0.15, 0.2) is 29.9 Å². The highest BCUT2D eigenvalue weighted by atomic mass is 32.1. The fourth-order valence-corrected chi connectivity index (χ4v) is 2.46. The molecule has 16 heavy (non-hydrogen) atoms. The SMILES string of the molecule is NC(=O)c1cnc2ccc3ncsc3c2c1. The van der Waals surface area contributed by atoms with E-state index in [2.05, 4.69) is 9.97 Å². The number of amides is 1. The first-order valence-electron chi connectivity index (χ1n) is 4.67. The molecule has 78 valence electrons. The second-order valence-corrected chi connectivity index (χ2v) is 4.28. The average Bonchev–Trinajstić information content (AvgIpc) is 2.76. The van der Waals surface area contributed by atoms with Crippen molar-refractivity contribution >= 4 is 38.4 Å². The highest BCUT2D eigenvalue weighted by molar-refractivity contribution is 7.17. The third-order valence-corrected chi connectivity index (χ3v) is 3.32. The number of nitrogens with zero attached hydrogens (tertiary/aromatic N) is 2. The predicted octanol–water partition coefficient (Wildman–Crippen LogP) is 1.94. The van der Waals surface area contributed by atoms with Gasteiger partial charge in [0.1, 0.15) is 0 Å². The summed E-state index contributed by atoms with van der Waals surface area (Å²) in [6.07, 6.45) is 1.50. The van der Waals surface area contributed by atoms with E-state index in [-0.39, 0.29) is 0 Å². The molecular formula is C11H7N3OS. The van der Waals surface area contributed by atoms with Crippen molar-refractivity contribution < 1.29 is 4.79 Å². The molecule has 0 aliphatic carbocycles. The van der Waals surface area contributed by atoms with Crippen molar-refractivity contribution in [3.63, 3.8) is 0 Å². The Hall–Kier alpha value is -2.01. The largest absolute Gasteiger partial charge is 0.366 e. The summed E-state index contributed by atoms with van der Waals surface area (Å²) < 4.78 is 1.04. The summed E-state index contributed by atoms with van der Waals surface area (Å²) in [4.78, 5) is 19.5. The van der Waals surface area contributed by atoms with Crippen molar-refractivity contribution in [2.45, 2.75) is 0 Å². The molecule has 1 amide bonds. The van der Waals surface area contributed by atoms with Gasteiger partial charge in [0.25, 0.3) is 0 Å². The molecule has 5 heteroatoms. The topological polar surface area (TPSA) is 68.9 Å². The number of hydrogen-bond acceptors (Lipinski definition) is 4. The molecule has 0 spiro atoms. The van der Waals surface area contributed by atoms with Gasteiger partial charge in [0, 0.05) is 11.6 Å². The monoisotopic (exact) mass is 229 g/mol. The number of hydrogen-bond donors (Lipinski definition) is 1. The molecule has 2 aromatic heterocycles. The van der Waals surface area contributed by atoms with Crippen LogP contribution in [-0.2, 0) is 0 Å². The van der Waals surface area contributed by atoms with Gasteiger partial charge in [-0.2, -0.15) is 0 Å². The number of rotatable bonds is 1. The molecular weight excluding hydrogens is 222 g/mol. The molecule has 0 fully saturated rings. The van der Waals surface area contributed by atoms with Crippen LogP contribution in [0.2, 0.25) is 0 Å². The van der Waals surface area contributed by atoms with Gasteiger partial charge >= 0.3 is 0 Å². The number of nitrogens with two attached hydrogens (primary N) is 1. The van der Waals surface area contributed by atoms with Gasteiger partial charge in [-0.3, -0.25) is 9.78 Å². The van der Waals surface area contributed by atoms with Crippen molar-refractivity contribution in [2.24, 2.45) is 5.73 Å². The maximum atomic E-state index is 11.1. The van der Waals surface area contributed by atoms with Gasteiger partial charge in [0.05, 0.1) is 26.8 Å². The molecule has 1 aromatic carbocycles. The van der Waals surface area contributed by atoms with Gasteiger partial charge in [0.2, 0.25) is 5.91 Å². The van der Waals surface area contributed by atoms with Crippen LogP contribution in [0.4, 0.5) is 0 Å². The lowest BCUT2D eigenvalue weighted by Crippen LogP contribution is -2.10. The summed E-state index contributed by atoms with van der Waals surface area (Å²) in [5, 5.41) is 0.927. The van der Waals surface area contributed by atoms with Crippen LogP contribution in [0.25, 0.3) is 21.1 Å². The van der Waals surface area contributed by atoms with Crippen molar-refractivity contribution in [2.75, 3.05) is 0 Å². The smallest absolute Gasteiger partial charge is 0.250 e. The summed E-state index contributed by atoms with van der Waals surface area (Å²) in [6, 6.07) is 5.58. The number of fused-ring (bicyclic) bond motifs is 3. The van der Waals surface area contributed by atoms with E-state index in [1.165, 1.54) is 17.5 Å². The maximum absolute atomic E-state index is 11.1. The summed E-state index contributed by atoms with van der Waals surface area (Å²) in [6.45, 7) is 0. The van der Waals surface area contributed by atoms with Crippen LogP contribution in [-0.4, -0.2) is 15.9 Å². The van der Waals surface area contributed by atoms with Crippen LogP contribution < -0.4 is 5.73 Å². The lowest BCUT2D eigenvalue weighted by atomic mass is 10.1. The maximum Gasteiger partial charge on any atom is 0.250 e. The minimum absolute atomic E-state index is 0.424. The lowest BCUT2D eigenvalue weighted by molar-refractivity contribution is 0.1000. The van der Waals surface area contributed by atoms with Crippen molar-refractivity contribution in [3.05, 3.63) is 35.5 Å². The minimum atomic E-state index is -0.462. The Morgan fingerprint density at radius 3 is 2.88 bits per heavy atom. The summed E-state index contributed by atoms with van der Waals surface area (Å²) in [5.74, 6) is -0.462. The lowest BCUT2D eigenvalue weighted by Gasteiger charge is -2.00. The average molecular weight is 229 g/mol. The fourth-order valence-electron chi connectivity index (χ4n) is 1.66. The normalized spacial score (nSPS) is 11.0. The van der Waals surface area contributed by atoms with Crippen LogP contribution in [0.3, 0.4) is 0 Å². The Balaban J connectivity index is 2.46. The Labute approximate surface area is 94.7 Å². The zero-order chi connectivity index (χ0) is 11.1. The highest BCUT2D eigenvalue weighted by Crippen LogP contribution is 2.27. The van der Waals surface area contributed by atoms with E-state index in [0.29, 0.717) is 5.56 Å². The van der Waals surface area contributed by atoms with E-state index in [1.807, 2.05) is 12.1 Å². The fraction of sp³-hybridized carbons (Fsp3) is 0. The van der Waals surface area contributed by atoms with Gasteiger partial charge in [-0.15, -0.1) is 11.3 Å². The predicted molar refractivity (Wildman–Crippen MR) is 63.4 cm³/mol. The molecule has 3 rings (SSSR count). The summed E-state index contributed by atoms with van der Waals surface area (Å²) in [7, 11) is 0. The van der Waals surface area contributed by atoms with E-state index < -0.39 is 5.91 Å². The Bertz CT molecular complexity index is 705. The van der Waals surface area contributed by atoms with E-state index in [1.54, 1.807) is 11.6 Å². The quantitative estimate of drug-likeness (QED) is 0.693. The van der Waals surface area contributed by atoms with Crippen molar-refractivity contribution in [1.82, 2.24) is 9.97 Å². The van der Waals surface area contributed by atoms with Crippen LogP contribution >= 0.6 is 11.3 Å². The summed E-state index contributed by atoms with van der Waals surface area (Å²) >= 11 is 1.53. The molecule has 0 saturated heterocycles. The molecule has 0 aliphatic heterocycles. The van der Waals surface area contributed by atoms with E-state index in [4.69, 9.17) is 5.73 Å². The Morgan fingerprint density at radius 1 is 1.25 bits per heavy atom. The van der Waals surface area contributed by atoms with Crippen LogP contribution in [0, 0.1) is 0 Å². The first kappa shape index (κ1) is 9.23. The molecule has 0 bridgehead atoms. The molecule has 3 aromatic rings.